The maximum Gasteiger partial charge on any atom is 0.265 e. The van der Waals surface area contributed by atoms with Crippen molar-refractivity contribution in [3.8, 4) is 39.7 Å². The van der Waals surface area contributed by atoms with Gasteiger partial charge < -0.3 is 0 Å². The van der Waals surface area contributed by atoms with E-state index in [1.165, 1.54) is 411 Å². The number of aryl methyl sites for hydroxylation is 5. The zero-order valence-electron chi connectivity index (χ0n) is 85.5. The molecule has 5 aromatic heterocycles. The van der Waals surface area contributed by atoms with Crippen molar-refractivity contribution < 1.29 is 22.8 Å². The lowest BCUT2D eigenvalue weighted by atomic mass is 9.85. The SMILES string of the molecule is Cc1ccccc1-n1c(C)c(-c2ccccc2)[n+](C2CCCC2)c1C1CCCC1.Cc1ccccc1-n1c(C)c(C)[n+](C2CCCC2)c1C1CCCC1.Cc1ccccc1-n1c(C)c(C)[n+](C2CCCC2)c1C1CCCC1.Cc1ccccc1-n1c(C)c(C2CCCC2)[n+](C2CCCC2)c1C1CCCC1.Cc1ccccc1-n1c(C)c(C2CCCCC2)[n+](C2CCCC2)c1C1CCCC1. The van der Waals surface area contributed by atoms with Gasteiger partial charge in [0.1, 0.15) is 104 Å². The van der Waals surface area contributed by atoms with Crippen molar-refractivity contribution in [1.29, 1.82) is 0 Å². The molecule has 0 atom stereocenters. The van der Waals surface area contributed by atoms with Crippen LogP contribution in [0.5, 0.6) is 0 Å². The molecule has 12 aliphatic carbocycles. The highest BCUT2D eigenvalue weighted by molar-refractivity contribution is 5.61. The van der Waals surface area contributed by atoms with Crippen molar-refractivity contribution in [2.24, 2.45) is 0 Å². The summed E-state index contributed by atoms with van der Waals surface area (Å²) in [6.07, 6.45) is 67.9. The van der Waals surface area contributed by atoms with Crippen molar-refractivity contribution in [1.82, 2.24) is 22.8 Å². The maximum atomic E-state index is 2.95. The van der Waals surface area contributed by atoms with Crippen molar-refractivity contribution in [3.63, 3.8) is 0 Å². The fourth-order valence-electron chi connectivity index (χ4n) is 29.4. The molecule has 0 bridgehead atoms. The van der Waals surface area contributed by atoms with Gasteiger partial charge in [-0.3, -0.25) is 0 Å². The Balaban J connectivity index is 0.000000108. The Labute approximate surface area is 809 Å². The Kier molecular flexibility index (Phi) is 30.4. The van der Waals surface area contributed by atoms with Gasteiger partial charge in [0.25, 0.3) is 29.1 Å². The van der Waals surface area contributed by atoms with Crippen LogP contribution in [-0.4, -0.2) is 22.8 Å². The Morgan fingerprint density at radius 2 is 0.373 bits per heavy atom. The van der Waals surface area contributed by atoms with E-state index in [9.17, 15) is 0 Å². The molecule has 0 spiro atoms. The van der Waals surface area contributed by atoms with E-state index >= 15 is 0 Å². The number of aromatic nitrogens is 10. The highest BCUT2D eigenvalue weighted by atomic mass is 15.3. The minimum atomic E-state index is 0.643. The summed E-state index contributed by atoms with van der Waals surface area (Å²) >= 11 is 0. The van der Waals surface area contributed by atoms with Crippen LogP contribution < -0.4 is 22.8 Å². The molecule has 0 unspecified atom stereocenters. The van der Waals surface area contributed by atoms with Crippen LogP contribution in [0.15, 0.2) is 152 Å². The number of hydrogen-bond donors (Lipinski definition) is 0. The zero-order valence-corrected chi connectivity index (χ0v) is 85.5. The number of rotatable bonds is 18. The Morgan fingerprint density at radius 3 is 0.642 bits per heavy atom. The Bertz CT molecular complexity index is 5620. The summed E-state index contributed by atoms with van der Waals surface area (Å²) < 4.78 is 27.5. The van der Waals surface area contributed by atoms with Crippen LogP contribution in [0.1, 0.15) is 494 Å². The highest BCUT2D eigenvalue weighted by Crippen LogP contribution is 2.49. The van der Waals surface area contributed by atoms with Gasteiger partial charge in [0.15, 0.2) is 11.4 Å². The third kappa shape index (κ3) is 19.1. The molecule has 12 fully saturated rings. The van der Waals surface area contributed by atoms with E-state index in [0.717, 1.165) is 59.7 Å². The summed E-state index contributed by atoms with van der Waals surface area (Å²) in [4.78, 5) is 0. The van der Waals surface area contributed by atoms with Crippen LogP contribution in [0.3, 0.4) is 0 Å². The van der Waals surface area contributed by atoms with E-state index in [1.54, 1.807) is 51.9 Å². The maximum absolute atomic E-state index is 2.95. The average Bonchev–Trinajstić information content (AvgIpc) is 1.47. The summed E-state index contributed by atoms with van der Waals surface area (Å²) in [6, 6.07) is 59.6. The molecule has 5 heterocycles. The molecule has 0 saturated heterocycles. The van der Waals surface area contributed by atoms with Crippen LogP contribution in [-0.2, 0) is 0 Å². The number of nitrogens with zero attached hydrogens (tertiary/aromatic N) is 10. The van der Waals surface area contributed by atoms with E-state index < -0.39 is 0 Å². The third-order valence-electron chi connectivity index (χ3n) is 36.3. The van der Waals surface area contributed by atoms with Gasteiger partial charge in [0.05, 0.1) is 29.6 Å². The summed E-state index contributed by atoms with van der Waals surface area (Å²) in [5.41, 5.74) is 30.6. The second-order valence-electron chi connectivity index (χ2n) is 44.7. The van der Waals surface area contributed by atoms with Gasteiger partial charge in [0, 0.05) is 65.9 Å². The quantitative estimate of drug-likeness (QED) is 0.0769. The summed E-state index contributed by atoms with van der Waals surface area (Å²) in [7, 11) is 0. The third-order valence-corrected chi connectivity index (χ3v) is 36.3. The number of benzene rings is 6. The first-order chi connectivity index (χ1) is 65.6. The molecule has 12 saturated carbocycles. The molecule has 134 heavy (non-hydrogen) atoms. The molecular weight excluding hydrogens is 1630 g/mol. The molecule has 0 N–H and O–H groups in total. The first-order valence-corrected chi connectivity index (χ1v) is 55.7. The van der Waals surface area contributed by atoms with Gasteiger partial charge in [-0.2, -0.15) is 22.8 Å². The smallest absolute Gasteiger partial charge is 0.228 e. The minimum absolute atomic E-state index is 0.643. The summed E-state index contributed by atoms with van der Waals surface area (Å²) in [6.45, 7) is 27.9. The van der Waals surface area contributed by atoms with E-state index in [0.29, 0.717) is 12.0 Å². The predicted octanol–water partition coefficient (Wildman–Crippen LogP) is 31.8. The Hall–Kier alpha value is -8.63. The topological polar surface area (TPSA) is 44.0 Å². The molecule has 712 valence electrons. The summed E-state index contributed by atoms with van der Waals surface area (Å²) in [5.74, 6) is 13.3. The van der Waals surface area contributed by atoms with Crippen molar-refractivity contribution >= 4 is 0 Å². The van der Waals surface area contributed by atoms with Gasteiger partial charge in [0.2, 0.25) is 0 Å². The second-order valence-corrected chi connectivity index (χ2v) is 44.7. The monoisotopic (exact) mass is 1800 g/mol. The lowest BCUT2D eigenvalue weighted by molar-refractivity contribution is -0.737. The van der Waals surface area contributed by atoms with Gasteiger partial charge >= 0.3 is 0 Å². The molecule has 11 aromatic rings. The van der Waals surface area contributed by atoms with Gasteiger partial charge in [-0.05, 0) is 311 Å². The Morgan fingerprint density at radius 1 is 0.179 bits per heavy atom. The standard InChI is InChI=1S/C27H39N2.C27H33N2.C26H37N2.2C22H31N2/c2*1-20-12-6-11-19-25(20)28-21(2)26(22-13-4-3-5-14-22)29(24-17-9-10-18-24)27(28)23-15-7-8-16-23;1-19-11-3-10-18-24(19)27-20(2)25(21-12-4-5-13-21)28(23-16-8-9-17-23)26(27)22-14-6-7-15-22;2*1-16-10-4-9-15-21(16)24-18(3)17(2)23(20-13-7-8-14-20)22(24)19-11-5-6-12-19/h6,11-12,19,22-24H,3-5,7-10,13-18H2,1-2H3;3-6,11-14,19,23-24H,7-10,15-18H2,1-2H3;3,10-11,18,21-23H,4-9,12-17H2,1-2H3;2*4,9-10,15,19-20H,5-8,11-14H2,1-3H3/q5*+1. The molecule has 0 amide bonds. The predicted molar refractivity (Wildman–Crippen MR) is 553 cm³/mol. The van der Waals surface area contributed by atoms with Gasteiger partial charge in [-0.25, -0.2) is 22.8 Å². The number of imidazole rings is 5. The van der Waals surface area contributed by atoms with Crippen molar-refractivity contribution in [2.75, 3.05) is 0 Å². The van der Waals surface area contributed by atoms with E-state index in [-0.39, 0.29) is 0 Å². The largest absolute Gasteiger partial charge is 0.265 e. The van der Waals surface area contributed by atoms with E-state index in [1.807, 2.05) is 0 Å². The first kappa shape index (κ1) is 94.3. The van der Waals surface area contributed by atoms with E-state index in [2.05, 4.69) is 280 Å². The van der Waals surface area contributed by atoms with E-state index in [4.69, 9.17) is 0 Å². The second kappa shape index (κ2) is 43.2. The van der Waals surface area contributed by atoms with Crippen LogP contribution in [0.2, 0.25) is 0 Å². The van der Waals surface area contributed by atoms with Crippen LogP contribution in [0.25, 0.3) is 39.7 Å². The van der Waals surface area contributed by atoms with Gasteiger partial charge in [-0.1, -0.05) is 218 Å². The fourth-order valence-corrected chi connectivity index (χ4v) is 29.4. The molecule has 12 aliphatic rings. The van der Waals surface area contributed by atoms with Gasteiger partial charge in [-0.15, -0.1) is 0 Å². The fraction of sp³-hybridized carbons (Fsp3) is 0.589. The van der Waals surface area contributed by atoms with Crippen LogP contribution in [0.4, 0.5) is 0 Å². The molecule has 0 aliphatic heterocycles. The highest BCUT2D eigenvalue weighted by Gasteiger charge is 2.49. The number of para-hydroxylation sites is 5. The molecule has 10 heteroatoms. The summed E-state index contributed by atoms with van der Waals surface area (Å²) in [5, 5.41) is 0. The molecule has 0 radical (unpaired) electrons. The number of hydrogen-bond acceptors (Lipinski definition) is 0. The molecule has 10 nitrogen and oxygen atoms in total. The molecule has 6 aromatic carbocycles. The zero-order chi connectivity index (χ0) is 92.0. The molecule has 23 rings (SSSR count). The minimum Gasteiger partial charge on any atom is -0.228 e. The average molecular weight is 1800 g/mol. The first-order valence-electron chi connectivity index (χ1n) is 55.7. The lowest BCUT2D eigenvalue weighted by Crippen LogP contribution is -2.46. The lowest BCUT2D eigenvalue weighted by Gasteiger charge is -2.23. The molecular formula is C124H171N10+5. The van der Waals surface area contributed by atoms with Crippen molar-refractivity contribution in [3.05, 3.63) is 260 Å². The van der Waals surface area contributed by atoms with Crippen LogP contribution >= 0.6 is 0 Å². The van der Waals surface area contributed by atoms with Crippen LogP contribution in [0, 0.1) is 83.1 Å². The normalized spacial score (nSPS) is 20.2. The van der Waals surface area contributed by atoms with Crippen molar-refractivity contribution in [2.45, 2.75) is 469 Å².